The Morgan fingerprint density at radius 2 is 2.04 bits per heavy atom. The number of hydrogen-bond donors (Lipinski definition) is 2. The Kier molecular flexibility index (Phi) is 5.54. The zero-order valence-corrected chi connectivity index (χ0v) is 15.0. The van der Waals surface area contributed by atoms with Crippen LogP contribution in [0.4, 0.5) is 10.1 Å². The van der Waals surface area contributed by atoms with E-state index in [1.807, 2.05) is 37.1 Å². The van der Waals surface area contributed by atoms with Crippen LogP contribution in [-0.4, -0.2) is 42.1 Å². The summed E-state index contributed by atoms with van der Waals surface area (Å²) in [5.74, 6) is 1.21. The number of fused-ring (bicyclic) bond motifs is 1. The van der Waals surface area contributed by atoms with Crippen molar-refractivity contribution >= 4 is 11.5 Å². The summed E-state index contributed by atoms with van der Waals surface area (Å²) in [6.45, 7) is 3.05. The molecule has 0 heterocycles. The van der Waals surface area contributed by atoms with Gasteiger partial charge in [0.05, 0.1) is 24.4 Å². The smallest absolute Gasteiger partial charge is 0.123 e. The van der Waals surface area contributed by atoms with E-state index in [0.29, 0.717) is 25.3 Å². The molecule has 0 aliphatic heterocycles. The number of likely N-dealkylation sites (N-methyl/N-ethyl adjacent to an activating group) is 1. The molecule has 0 aromatic heterocycles. The van der Waals surface area contributed by atoms with Gasteiger partial charge in [-0.05, 0) is 54.4 Å². The lowest BCUT2D eigenvalue weighted by molar-refractivity contribution is 0.158. The molecule has 0 unspecified atom stereocenters. The van der Waals surface area contributed by atoms with Crippen LogP contribution in [0.25, 0.3) is 0 Å². The number of ether oxygens (including phenoxy) is 1. The summed E-state index contributed by atoms with van der Waals surface area (Å²) >= 11 is 0. The molecule has 2 aromatic carbocycles. The molecule has 0 saturated heterocycles. The lowest BCUT2D eigenvalue weighted by Gasteiger charge is -2.19. The number of nitrogens with two attached hydrogens (primary N) is 1. The largest absolute Gasteiger partial charge is 0.492 e. The monoisotopic (exact) mass is 357 g/mol. The maximum atomic E-state index is 12.9. The van der Waals surface area contributed by atoms with E-state index in [4.69, 9.17) is 10.5 Å². The zero-order valence-electron chi connectivity index (χ0n) is 15.0. The molecular weight excluding hydrogens is 333 g/mol. The molecule has 3 rings (SSSR count). The number of benzene rings is 2. The molecule has 3 N–H and O–H groups in total. The number of nitrogens with zero attached hydrogens (tertiary/aromatic N) is 2. The van der Waals surface area contributed by atoms with Crippen LogP contribution in [0.5, 0.6) is 5.75 Å². The lowest BCUT2D eigenvalue weighted by atomic mass is 10.1. The molecule has 1 aliphatic carbocycles. The van der Waals surface area contributed by atoms with Gasteiger partial charge in [0, 0.05) is 13.5 Å². The highest BCUT2D eigenvalue weighted by molar-refractivity contribution is 5.82. The molecule has 0 radical (unpaired) electrons. The molecule has 6 heteroatoms. The van der Waals surface area contributed by atoms with Gasteiger partial charge >= 0.3 is 0 Å². The standard InChI is InChI=1S/C20H24FN3O2/c1-13(24(2)9-10-26-17-7-4-15(21)5-8-17)23-16-6-3-14-11-19(25)20(22)18(14)12-16/h3-8,12,19-20,25H,9-11,22H2,1-2H3/t19-,20-/m1/s1. The molecule has 0 amide bonds. The van der Waals surface area contributed by atoms with Crippen LogP contribution in [0.2, 0.25) is 0 Å². The van der Waals surface area contributed by atoms with Crippen molar-refractivity contribution in [3.63, 3.8) is 0 Å². The van der Waals surface area contributed by atoms with Crippen LogP contribution in [0.15, 0.2) is 47.5 Å². The number of aliphatic imine (C=N–C) groups is 1. The van der Waals surface area contributed by atoms with E-state index in [1.165, 1.54) is 12.1 Å². The molecule has 138 valence electrons. The Morgan fingerprint density at radius 3 is 2.77 bits per heavy atom. The summed E-state index contributed by atoms with van der Waals surface area (Å²) in [6, 6.07) is 11.5. The van der Waals surface area contributed by atoms with Crippen LogP contribution in [0, 0.1) is 5.82 Å². The number of halogens is 1. The van der Waals surface area contributed by atoms with Crippen LogP contribution in [-0.2, 0) is 6.42 Å². The minimum absolute atomic E-state index is 0.279. The molecule has 26 heavy (non-hydrogen) atoms. The molecule has 1 aliphatic rings. The highest BCUT2D eigenvalue weighted by Crippen LogP contribution is 2.32. The first-order chi connectivity index (χ1) is 12.4. The highest BCUT2D eigenvalue weighted by atomic mass is 19.1. The topological polar surface area (TPSA) is 71.1 Å². The van der Waals surface area contributed by atoms with Crippen molar-refractivity contribution in [3.05, 3.63) is 59.4 Å². The van der Waals surface area contributed by atoms with E-state index in [1.54, 1.807) is 12.1 Å². The van der Waals surface area contributed by atoms with E-state index < -0.39 is 6.10 Å². The van der Waals surface area contributed by atoms with Crippen molar-refractivity contribution in [2.45, 2.75) is 25.5 Å². The first-order valence-electron chi connectivity index (χ1n) is 8.65. The van der Waals surface area contributed by atoms with Crippen LogP contribution >= 0.6 is 0 Å². The summed E-state index contributed by atoms with van der Waals surface area (Å²) in [5.41, 5.74) is 8.90. The zero-order chi connectivity index (χ0) is 18.7. The lowest BCUT2D eigenvalue weighted by Crippen LogP contribution is -2.28. The Bertz CT molecular complexity index is 792. The van der Waals surface area contributed by atoms with Gasteiger partial charge in [0.15, 0.2) is 0 Å². The minimum atomic E-state index is -0.517. The molecule has 2 atom stereocenters. The van der Waals surface area contributed by atoms with E-state index in [9.17, 15) is 9.50 Å². The number of hydrogen-bond acceptors (Lipinski definition) is 4. The molecule has 2 aromatic rings. The van der Waals surface area contributed by atoms with Gasteiger partial charge in [0.25, 0.3) is 0 Å². The second-order valence-electron chi connectivity index (χ2n) is 6.56. The first-order valence-corrected chi connectivity index (χ1v) is 8.65. The van der Waals surface area contributed by atoms with Gasteiger partial charge in [-0.25, -0.2) is 9.38 Å². The van der Waals surface area contributed by atoms with Crippen LogP contribution in [0.3, 0.4) is 0 Å². The Hall–Kier alpha value is -2.44. The minimum Gasteiger partial charge on any atom is -0.492 e. The molecule has 0 fully saturated rings. The van der Waals surface area contributed by atoms with E-state index in [-0.39, 0.29) is 11.9 Å². The maximum absolute atomic E-state index is 12.9. The molecule has 0 saturated carbocycles. The molecule has 0 spiro atoms. The van der Waals surface area contributed by atoms with Crippen molar-refractivity contribution in [1.82, 2.24) is 4.90 Å². The Balaban J connectivity index is 1.58. The van der Waals surface area contributed by atoms with Crippen molar-refractivity contribution in [2.24, 2.45) is 10.7 Å². The highest BCUT2D eigenvalue weighted by Gasteiger charge is 2.27. The van der Waals surface area contributed by atoms with Crippen molar-refractivity contribution < 1.29 is 14.2 Å². The van der Waals surface area contributed by atoms with Crippen molar-refractivity contribution in [2.75, 3.05) is 20.2 Å². The summed E-state index contributed by atoms with van der Waals surface area (Å²) in [7, 11) is 1.94. The van der Waals surface area contributed by atoms with Crippen LogP contribution in [0.1, 0.15) is 24.1 Å². The fourth-order valence-electron chi connectivity index (χ4n) is 2.97. The SMILES string of the molecule is CC(=Nc1ccc2c(c1)[C@@H](N)[C@H](O)C2)N(C)CCOc1ccc(F)cc1. The van der Waals surface area contributed by atoms with Crippen molar-refractivity contribution in [3.8, 4) is 5.75 Å². The maximum Gasteiger partial charge on any atom is 0.123 e. The van der Waals surface area contributed by atoms with E-state index in [2.05, 4.69) is 4.99 Å². The Labute approximate surface area is 152 Å². The normalized spacial score (nSPS) is 19.3. The second-order valence-corrected chi connectivity index (χ2v) is 6.56. The number of aliphatic hydroxyl groups excluding tert-OH is 1. The van der Waals surface area contributed by atoms with Crippen LogP contribution < -0.4 is 10.5 Å². The van der Waals surface area contributed by atoms with Gasteiger partial charge in [-0.3, -0.25) is 0 Å². The first kappa shape index (κ1) is 18.4. The van der Waals surface area contributed by atoms with Gasteiger partial charge in [-0.15, -0.1) is 0 Å². The summed E-state index contributed by atoms with van der Waals surface area (Å²) in [4.78, 5) is 6.63. The molecule has 5 nitrogen and oxygen atoms in total. The predicted octanol–water partition coefficient (Wildman–Crippen LogP) is 2.80. The number of amidine groups is 1. The summed E-state index contributed by atoms with van der Waals surface area (Å²) < 4.78 is 18.5. The average molecular weight is 357 g/mol. The number of aliphatic hydroxyl groups is 1. The molecular formula is C20H24FN3O2. The van der Waals surface area contributed by atoms with E-state index in [0.717, 1.165) is 22.6 Å². The molecule has 0 bridgehead atoms. The summed E-state index contributed by atoms with van der Waals surface area (Å²) in [6.07, 6.45) is 0.0803. The second kappa shape index (κ2) is 7.85. The van der Waals surface area contributed by atoms with Gasteiger partial charge in [0.1, 0.15) is 24.0 Å². The average Bonchev–Trinajstić information content (AvgIpc) is 2.91. The fourth-order valence-corrected chi connectivity index (χ4v) is 2.97. The third kappa shape index (κ3) is 4.20. The van der Waals surface area contributed by atoms with Gasteiger partial charge in [-0.1, -0.05) is 6.07 Å². The predicted molar refractivity (Wildman–Crippen MR) is 100 cm³/mol. The van der Waals surface area contributed by atoms with Gasteiger partial charge in [0.2, 0.25) is 0 Å². The fraction of sp³-hybridized carbons (Fsp3) is 0.350. The third-order valence-electron chi connectivity index (χ3n) is 4.68. The summed E-state index contributed by atoms with van der Waals surface area (Å²) in [5, 5.41) is 9.88. The quantitative estimate of drug-likeness (QED) is 0.638. The van der Waals surface area contributed by atoms with E-state index >= 15 is 0 Å². The third-order valence-corrected chi connectivity index (χ3v) is 4.68. The van der Waals surface area contributed by atoms with Crippen molar-refractivity contribution in [1.29, 1.82) is 0 Å². The van der Waals surface area contributed by atoms with Gasteiger partial charge in [-0.2, -0.15) is 0 Å². The Morgan fingerprint density at radius 1 is 1.31 bits per heavy atom. The van der Waals surface area contributed by atoms with Gasteiger partial charge < -0.3 is 20.5 Å². The number of rotatable bonds is 5.